The van der Waals surface area contributed by atoms with Crippen LogP contribution in [0.5, 0.6) is 0 Å². The number of carbonyl (C=O) groups is 1. The number of aromatic nitrogens is 2. The van der Waals surface area contributed by atoms with Crippen LogP contribution in [-0.2, 0) is 0 Å². The number of carboxylic acid groups (broad SMARTS) is 1. The van der Waals surface area contributed by atoms with Crippen molar-refractivity contribution in [3.63, 3.8) is 0 Å². The highest BCUT2D eigenvalue weighted by Gasteiger charge is 2.17. The Morgan fingerprint density at radius 1 is 1.81 bits per heavy atom. The summed E-state index contributed by atoms with van der Waals surface area (Å²) in [4.78, 5) is 15.1. The van der Waals surface area contributed by atoms with Crippen LogP contribution in [0.2, 0.25) is 5.15 Å². The minimum absolute atomic E-state index is 0.0460. The fourth-order valence-electron chi connectivity index (χ4n) is 1.05. The molecule has 0 aromatic carbocycles. The van der Waals surface area contributed by atoms with Crippen LogP contribution in [0.15, 0.2) is 18.7 Å². The summed E-state index contributed by atoms with van der Waals surface area (Å²) in [6, 6.07) is 1.14. The van der Waals surface area contributed by atoms with Gasteiger partial charge in [0.15, 0.2) is 5.82 Å². The molecule has 0 radical (unpaired) electrons. The Bertz CT molecular complexity index is 485. The van der Waals surface area contributed by atoms with Gasteiger partial charge in [-0.3, -0.25) is 10.3 Å². The van der Waals surface area contributed by atoms with Crippen molar-refractivity contribution in [3.05, 3.63) is 29.5 Å². The van der Waals surface area contributed by atoms with E-state index in [0.717, 1.165) is 11.0 Å². The number of hydrogen-bond acceptors (Lipinski definition) is 4. The lowest BCUT2D eigenvalue weighted by Gasteiger charge is -2.18. The third-order valence-electron chi connectivity index (χ3n) is 1.70. The van der Waals surface area contributed by atoms with Crippen LogP contribution in [0, 0.1) is 5.41 Å². The lowest BCUT2D eigenvalue weighted by Crippen LogP contribution is -2.35. The number of rotatable bonds is 3. The Kier molecular flexibility index (Phi) is 3.51. The average Bonchev–Trinajstić information content (AvgIpc) is 2.20. The first-order valence-corrected chi connectivity index (χ1v) is 4.50. The zero-order valence-electron chi connectivity index (χ0n) is 8.09. The fourth-order valence-corrected chi connectivity index (χ4v) is 1.23. The molecule has 86 valence electrons. The standard InChI is InChI=1S/C8H9ClN4O3/c1-2-3-12(8(14)15)6-4-5(9)11-7(10)13(6)16/h2,4,10,16H,1,3H2,(H,14,15). The maximum Gasteiger partial charge on any atom is 0.413 e. The Morgan fingerprint density at radius 2 is 2.44 bits per heavy atom. The van der Waals surface area contributed by atoms with Crippen molar-refractivity contribution in [1.29, 1.82) is 5.41 Å². The molecule has 1 aromatic heterocycles. The smallest absolute Gasteiger partial charge is 0.413 e. The van der Waals surface area contributed by atoms with E-state index in [1.807, 2.05) is 0 Å². The number of anilines is 1. The highest BCUT2D eigenvalue weighted by Crippen LogP contribution is 2.14. The molecule has 0 spiro atoms. The molecule has 1 aromatic rings. The Balaban J connectivity index is 3.34. The van der Waals surface area contributed by atoms with E-state index in [0.29, 0.717) is 4.73 Å². The second-order valence-electron chi connectivity index (χ2n) is 2.75. The molecule has 0 atom stereocenters. The van der Waals surface area contributed by atoms with Crippen molar-refractivity contribution in [3.8, 4) is 0 Å². The summed E-state index contributed by atoms with van der Waals surface area (Å²) in [7, 11) is 0. The molecule has 0 bridgehead atoms. The van der Waals surface area contributed by atoms with Gasteiger partial charge in [0.1, 0.15) is 5.15 Å². The molecule has 8 heteroatoms. The van der Waals surface area contributed by atoms with E-state index in [-0.39, 0.29) is 17.5 Å². The number of nitrogens with one attached hydrogen (secondary N) is 1. The summed E-state index contributed by atoms with van der Waals surface area (Å²) in [6.07, 6.45) is 0.0378. The quantitative estimate of drug-likeness (QED) is 0.418. The van der Waals surface area contributed by atoms with Crippen molar-refractivity contribution < 1.29 is 15.1 Å². The van der Waals surface area contributed by atoms with Gasteiger partial charge in [0.05, 0.1) is 0 Å². The van der Waals surface area contributed by atoms with Crippen LogP contribution < -0.4 is 10.5 Å². The van der Waals surface area contributed by atoms with Crippen LogP contribution >= 0.6 is 11.6 Å². The third kappa shape index (κ3) is 2.31. The van der Waals surface area contributed by atoms with Gasteiger partial charge in [-0.1, -0.05) is 17.7 Å². The van der Waals surface area contributed by atoms with Crippen molar-refractivity contribution >= 4 is 23.5 Å². The zero-order chi connectivity index (χ0) is 12.3. The minimum atomic E-state index is -1.30. The van der Waals surface area contributed by atoms with E-state index in [4.69, 9.17) is 22.1 Å². The highest BCUT2D eigenvalue weighted by molar-refractivity contribution is 6.29. The van der Waals surface area contributed by atoms with Crippen LogP contribution in [0.1, 0.15) is 0 Å². The summed E-state index contributed by atoms with van der Waals surface area (Å²) < 4.78 is 0.323. The number of halogens is 1. The molecule has 0 saturated heterocycles. The van der Waals surface area contributed by atoms with Crippen molar-refractivity contribution in [2.24, 2.45) is 0 Å². The zero-order valence-corrected chi connectivity index (χ0v) is 8.85. The van der Waals surface area contributed by atoms with Gasteiger partial charge in [0, 0.05) is 12.6 Å². The van der Waals surface area contributed by atoms with Gasteiger partial charge in [-0.15, -0.1) is 11.3 Å². The van der Waals surface area contributed by atoms with E-state index in [1.165, 1.54) is 6.08 Å². The summed E-state index contributed by atoms with van der Waals surface area (Å²) >= 11 is 5.57. The second-order valence-corrected chi connectivity index (χ2v) is 3.14. The lowest BCUT2D eigenvalue weighted by atomic mass is 10.4. The Labute approximate surface area is 95.3 Å². The normalized spacial score (nSPS) is 9.81. The second kappa shape index (κ2) is 4.67. The van der Waals surface area contributed by atoms with Gasteiger partial charge in [-0.05, 0) is 0 Å². The van der Waals surface area contributed by atoms with Crippen LogP contribution in [0.3, 0.4) is 0 Å². The molecule has 0 aliphatic rings. The summed E-state index contributed by atoms with van der Waals surface area (Å²) in [5, 5.41) is 25.5. The summed E-state index contributed by atoms with van der Waals surface area (Å²) in [5.74, 6) is -0.169. The average molecular weight is 245 g/mol. The molecule has 7 nitrogen and oxygen atoms in total. The van der Waals surface area contributed by atoms with Crippen LogP contribution in [0.25, 0.3) is 0 Å². The van der Waals surface area contributed by atoms with Crippen molar-refractivity contribution in [2.45, 2.75) is 0 Å². The van der Waals surface area contributed by atoms with E-state index >= 15 is 0 Å². The van der Waals surface area contributed by atoms with Gasteiger partial charge >= 0.3 is 6.09 Å². The molecule has 1 amide bonds. The van der Waals surface area contributed by atoms with Crippen molar-refractivity contribution in [2.75, 3.05) is 11.4 Å². The predicted molar refractivity (Wildman–Crippen MR) is 55.8 cm³/mol. The molecule has 0 saturated carbocycles. The maximum absolute atomic E-state index is 10.9. The van der Waals surface area contributed by atoms with E-state index in [2.05, 4.69) is 11.6 Å². The third-order valence-corrected chi connectivity index (χ3v) is 1.89. The lowest BCUT2D eigenvalue weighted by molar-refractivity contribution is 0.164. The molecule has 0 fully saturated rings. The molecule has 16 heavy (non-hydrogen) atoms. The van der Waals surface area contributed by atoms with E-state index < -0.39 is 11.7 Å². The van der Waals surface area contributed by atoms with Gasteiger partial charge in [-0.25, -0.2) is 4.79 Å². The monoisotopic (exact) mass is 244 g/mol. The molecular weight excluding hydrogens is 236 g/mol. The van der Waals surface area contributed by atoms with E-state index in [1.54, 1.807) is 0 Å². The van der Waals surface area contributed by atoms with Crippen LogP contribution in [-0.4, -0.2) is 32.7 Å². The number of nitrogens with zero attached hydrogens (tertiary/aromatic N) is 3. The Hall–Kier alpha value is -2.02. The number of hydrogen-bond donors (Lipinski definition) is 3. The first-order chi connectivity index (χ1) is 7.47. The topological polar surface area (TPSA) is 102 Å². The highest BCUT2D eigenvalue weighted by atomic mass is 35.5. The first-order valence-electron chi connectivity index (χ1n) is 4.12. The Morgan fingerprint density at radius 3 is 2.94 bits per heavy atom. The van der Waals surface area contributed by atoms with Gasteiger partial charge in [0.25, 0.3) is 5.62 Å². The summed E-state index contributed by atoms with van der Waals surface area (Å²) in [5.41, 5.74) is -0.558. The van der Waals surface area contributed by atoms with Crippen LogP contribution in [0.4, 0.5) is 10.6 Å². The van der Waals surface area contributed by atoms with Gasteiger partial charge < -0.3 is 10.3 Å². The SMILES string of the molecule is C=CCN(C(=O)O)c1cc(Cl)nc(=N)n1O. The molecule has 1 rings (SSSR count). The first kappa shape index (κ1) is 12.1. The maximum atomic E-state index is 10.9. The number of amides is 1. The predicted octanol–water partition coefficient (Wildman–Crippen LogP) is 0.924. The molecule has 3 N–H and O–H groups in total. The molecular formula is C8H9ClN4O3. The van der Waals surface area contributed by atoms with Crippen molar-refractivity contribution in [1.82, 2.24) is 9.71 Å². The van der Waals surface area contributed by atoms with E-state index in [9.17, 15) is 10.0 Å². The van der Waals surface area contributed by atoms with Gasteiger partial charge in [-0.2, -0.15) is 4.98 Å². The minimum Gasteiger partial charge on any atom is -0.465 e. The molecule has 0 aliphatic carbocycles. The molecule has 0 unspecified atom stereocenters. The van der Waals surface area contributed by atoms with Gasteiger partial charge in [0.2, 0.25) is 0 Å². The molecule has 0 aliphatic heterocycles. The fraction of sp³-hybridized carbons (Fsp3) is 0.125. The largest absolute Gasteiger partial charge is 0.465 e. The molecule has 1 heterocycles. The summed E-state index contributed by atoms with van der Waals surface area (Å²) in [6.45, 7) is 3.35.